The third-order valence-corrected chi connectivity index (χ3v) is 2.91. The predicted octanol–water partition coefficient (Wildman–Crippen LogP) is 0.385. The molecule has 0 aromatic heterocycles. The van der Waals surface area contributed by atoms with Crippen molar-refractivity contribution in [2.75, 3.05) is 0 Å². The second-order valence-corrected chi connectivity index (χ2v) is 3.32. The van der Waals surface area contributed by atoms with Gasteiger partial charge in [-0.1, -0.05) is 12.2 Å². The van der Waals surface area contributed by atoms with E-state index < -0.39 is 0 Å². The summed E-state index contributed by atoms with van der Waals surface area (Å²) in [6, 6.07) is 0. The molecule has 3 aliphatic rings. The highest BCUT2D eigenvalue weighted by molar-refractivity contribution is 5.62. The molecule has 2 aliphatic heterocycles. The summed E-state index contributed by atoms with van der Waals surface area (Å²) in [5, 5.41) is 0. The normalized spacial score (nSPS) is 60.6. The molecule has 0 amide bonds. The molecule has 52 valence electrons. The zero-order valence-electron chi connectivity index (χ0n) is 5.44. The summed E-state index contributed by atoms with van der Waals surface area (Å²) in [5.74, 6) is 1.42. The SMILES string of the molecule is O=CC1[C@@H]2[C@H]1[C@@H]1C=C[C@H]2O1. The number of rotatable bonds is 1. The van der Waals surface area contributed by atoms with Gasteiger partial charge in [-0.2, -0.15) is 0 Å². The third-order valence-electron chi connectivity index (χ3n) is 2.91. The molecule has 3 rings (SSSR count). The molecule has 2 nitrogen and oxygen atoms in total. The smallest absolute Gasteiger partial charge is 0.123 e. The van der Waals surface area contributed by atoms with E-state index in [1.165, 1.54) is 0 Å². The Bertz CT molecular complexity index is 203. The van der Waals surface area contributed by atoms with E-state index in [0.717, 1.165) is 6.29 Å². The van der Waals surface area contributed by atoms with E-state index in [0.29, 0.717) is 17.8 Å². The predicted molar refractivity (Wildman–Crippen MR) is 34.3 cm³/mol. The molecule has 2 fully saturated rings. The van der Waals surface area contributed by atoms with Crippen LogP contribution in [0.1, 0.15) is 0 Å². The number of hydrogen-bond acceptors (Lipinski definition) is 2. The van der Waals surface area contributed by atoms with Crippen molar-refractivity contribution in [3.63, 3.8) is 0 Å². The summed E-state index contributed by atoms with van der Waals surface area (Å²) in [5.41, 5.74) is 0. The maximum Gasteiger partial charge on any atom is 0.123 e. The van der Waals surface area contributed by atoms with Gasteiger partial charge in [-0.15, -0.1) is 0 Å². The van der Waals surface area contributed by atoms with Gasteiger partial charge in [-0.25, -0.2) is 0 Å². The molecule has 0 spiro atoms. The van der Waals surface area contributed by atoms with Gasteiger partial charge in [-0.3, -0.25) is 0 Å². The van der Waals surface area contributed by atoms with E-state index in [4.69, 9.17) is 4.74 Å². The maximum absolute atomic E-state index is 10.4. The fourth-order valence-electron chi connectivity index (χ4n) is 2.37. The summed E-state index contributed by atoms with van der Waals surface area (Å²) in [7, 11) is 0. The Morgan fingerprint density at radius 1 is 1.20 bits per heavy atom. The zero-order chi connectivity index (χ0) is 6.72. The lowest BCUT2D eigenvalue weighted by Crippen LogP contribution is -2.10. The van der Waals surface area contributed by atoms with Gasteiger partial charge in [0.05, 0.1) is 12.2 Å². The Morgan fingerprint density at radius 2 is 1.80 bits per heavy atom. The van der Waals surface area contributed by atoms with Crippen LogP contribution in [0.25, 0.3) is 0 Å². The van der Waals surface area contributed by atoms with Crippen molar-refractivity contribution in [2.45, 2.75) is 12.2 Å². The van der Waals surface area contributed by atoms with Crippen LogP contribution in [0.3, 0.4) is 0 Å². The molecule has 1 saturated heterocycles. The molecule has 10 heavy (non-hydrogen) atoms. The molecule has 1 aliphatic carbocycles. The molecule has 2 heteroatoms. The number of carbonyl (C=O) groups is 1. The van der Waals surface area contributed by atoms with Crippen molar-refractivity contribution in [1.82, 2.24) is 0 Å². The van der Waals surface area contributed by atoms with Crippen LogP contribution in [0.2, 0.25) is 0 Å². The van der Waals surface area contributed by atoms with Crippen molar-refractivity contribution in [3.8, 4) is 0 Å². The molecule has 0 N–H and O–H groups in total. The first-order chi connectivity index (χ1) is 4.92. The van der Waals surface area contributed by atoms with Crippen LogP contribution in [-0.2, 0) is 9.53 Å². The van der Waals surface area contributed by atoms with Crippen LogP contribution in [0.4, 0.5) is 0 Å². The minimum atomic E-state index is 0.283. The molecule has 0 radical (unpaired) electrons. The lowest BCUT2D eigenvalue weighted by Gasteiger charge is -2.05. The lowest BCUT2D eigenvalue weighted by atomic mass is 10.1. The number of carbonyl (C=O) groups excluding carboxylic acids is 1. The van der Waals surface area contributed by atoms with Crippen LogP contribution in [0.5, 0.6) is 0 Å². The lowest BCUT2D eigenvalue weighted by molar-refractivity contribution is -0.110. The minimum Gasteiger partial charge on any atom is -0.366 e. The van der Waals surface area contributed by atoms with E-state index in [9.17, 15) is 4.79 Å². The van der Waals surface area contributed by atoms with Crippen molar-refractivity contribution in [1.29, 1.82) is 0 Å². The van der Waals surface area contributed by atoms with Crippen molar-refractivity contribution < 1.29 is 9.53 Å². The molecule has 2 bridgehead atoms. The standard InChI is InChI=1S/C8H8O2/c9-3-4-7-5-1-2-6(10-5)8(4)7/h1-8H/t4?,5-,6+,7+,8-. The number of aldehydes is 1. The number of hydrogen-bond donors (Lipinski definition) is 0. The van der Waals surface area contributed by atoms with Gasteiger partial charge in [0.15, 0.2) is 0 Å². The maximum atomic E-state index is 10.4. The Labute approximate surface area is 58.9 Å². The van der Waals surface area contributed by atoms with E-state index in [1.807, 2.05) is 0 Å². The highest BCUT2D eigenvalue weighted by Crippen LogP contribution is 2.59. The first-order valence-electron chi connectivity index (χ1n) is 3.71. The highest BCUT2D eigenvalue weighted by atomic mass is 16.5. The fourth-order valence-corrected chi connectivity index (χ4v) is 2.37. The molecule has 0 aromatic rings. The molecule has 0 aromatic carbocycles. The molecule has 5 atom stereocenters. The third kappa shape index (κ3) is 0.372. The fraction of sp³-hybridized carbons (Fsp3) is 0.625. The summed E-state index contributed by atoms with van der Waals surface area (Å²) in [6.07, 6.45) is 5.84. The monoisotopic (exact) mass is 136 g/mol. The van der Waals surface area contributed by atoms with Crippen LogP contribution in [-0.4, -0.2) is 18.5 Å². The number of ether oxygens (including phenoxy) is 1. The highest BCUT2D eigenvalue weighted by Gasteiger charge is 2.64. The average Bonchev–Trinajstić information content (AvgIpc) is 2.36. The summed E-state index contributed by atoms with van der Waals surface area (Å²) in [4.78, 5) is 10.4. The van der Waals surface area contributed by atoms with Gasteiger partial charge < -0.3 is 9.53 Å². The van der Waals surface area contributed by atoms with Gasteiger partial charge >= 0.3 is 0 Å². The van der Waals surface area contributed by atoms with Crippen LogP contribution < -0.4 is 0 Å². The summed E-state index contributed by atoms with van der Waals surface area (Å²) >= 11 is 0. The van der Waals surface area contributed by atoms with E-state index >= 15 is 0 Å². The summed E-state index contributed by atoms with van der Waals surface area (Å²) in [6.45, 7) is 0. The van der Waals surface area contributed by atoms with E-state index in [1.54, 1.807) is 0 Å². The van der Waals surface area contributed by atoms with Crippen molar-refractivity contribution in [3.05, 3.63) is 12.2 Å². The first kappa shape index (κ1) is 5.08. The zero-order valence-corrected chi connectivity index (χ0v) is 5.44. The second kappa shape index (κ2) is 1.35. The Balaban J connectivity index is 1.95. The van der Waals surface area contributed by atoms with Crippen LogP contribution in [0.15, 0.2) is 12.2 Å². The van der Waals surface area contributed by atoms with Gasteiger partial charge in [-0.05, 0) is 0 Å². The number of fused-ring (bicyclic) bond motifs is 5. The topological polar surface area (TPSA) is 26.3 Å². The minimum absolute atomic E-state index is 0.283. The molecule has 1 unspecified atom stereocenters. The first-order valence-corrected chi connectivity index (χ1v) is 3.71. The molecular weight excluding hydrogens is 128 g/mol. The van der Waals surface area contributed by atoms with E-state index in [2.05, 4.69) is 12.2 Å². The van der Waals surface area contributed by atoms with Gasteiger partial charge in [0.1, 0.15) is 6.29 Å². The van der Waals surface area contributed by atoms with Gasteiger partial charge in [0, 0.05) is 17.8 Å². The molecule has 2 heterocycles. The average molecular weight is 136 g/mol. The van der Waals surface area contributed by atoms with Crippen LogP contribution in [0, 0.1) is 17.8 Å². The van der Waals surface area contributed by atoms with Crippen molar-refractivity contribution >= 4 is 6.29 Å². The van der Waals surface area contributed by atoms with E-state index in [-0.39, 0.29) is 12.2 Å². The summed E-state index contributed by atoms with van der Waals surface area (Å²) < 4.78 is 5.50. The molecule has 1 saturated carbocycles. The molecular formula is C8H8O2. The quantitative estimate of drug-likeness (QED) is 0.385. The van der Waals surface area contributed by atoms with Crippen LogP contribution >= 0.6 is 0 Å². The Morgan fingerprint density at radius 3 is 2.30 bits per heavy atom. The largest absolute Gasteiger partial charge is 0.366 e. The Kier molecular flexibility index (Phi) is 0.684. The van der Waals surface area contributed by atoms with Gasteiger partial charge in [0.25, 0.3) is 0 Å². The van der Waals surface area contributed by atoms with Crippen molar-refractivity contribution in [2.24, 2.45) is 17.8 Å². The van der Waals surface area contributed by atoms with Gasteiger partial charge in [0.2, 0.25) is 0 Å². The second-order valence-electron chi connectivity index (χ2n) is 3.32. The Hall–Kier alpha value is -0.630.